The van der Waals surface area contributed by atoms with Crippen LogP contribution >= 0.6 is 0 Å². The van der Waals surface area contributed by atoms with Gasteiger partial charge in [0.15, 0.2) is 0 Å². The third-order valence-corrected chi connectivity index (χ3v) is 7.09. The highest BCUT2D eigenvalue weighted by Gasteiger charge is 2.23. The number of piperazine rings is 1. The first kappa shape index (κ1) is 23.2. The Hall–Kier alpha value is -3.54. The zero-order valence-electron chi connectivity index (χ0n) is 20.3. The smallest absolute Gasteiger partial charge is 0.239 e. The van der Waals surface area contributed by atoms with Crippen molar-refractivity contribution in [2.24, 2.45) is 0 Å². The van der Waals surface area contributed by atoms with E-state index in [1.165, 1.54) is 11.1 Å². The molecule has 1 fully saturated rings. The maximum Gasteiger partial charge on any atom is 0.239 e. The molecule has 5 rings (SSSR count). The maximum atomic E-state index is 13.0. The van der Waals surface area contributed by atoms with E-state index in [0.29, 0.717) is 24.5 Å². The van der Waals surface area contributed by atoms with Crippen molar-refractivity contribution in [2.45, 2.75) is 33.4 Å². The minimum Gasteiger partial charge on any atom is -0.493 e. The molecule has 1 amide bonds. The summed E-state index contributed by atoms with van der Waals surface area (Å²) in [4.78, 5) is 17.6. The van der Waals surface area contributed by atoms with Crippen LogP contribution in [0.3, 0.4) is 0 Å². The van der Waals surface area contributed by atoms with Crippen molar-refractivity contribution in [2.75, 3.05) is 44.6 Å². The second-order valence-corrected chi connectivity index (χ2v) is 9.35. The average Bonchev–Trinajstić information content (AvgIpc) is 3.58. The van der Waals surface area contributed by atoms with Gasteiger partial charge in [0, 0.05) is 44.8 Å². The molecule has 0 atom stereocenters. The van der Waals surface area contributed by atoms with Gasteiger partial charge in [0.05, 0.1) is 31.5 Å². The fourth-order valence-corrected chi connectivity index (χ4v) is 4.96. The van der Waals surface area contributed by atoms with Gasteiger partial charge in [0.25, 0.3) is 0 Å². The van der Waals surface area contributed by atoms with Gasteiger partial charge in [0.1, 0.15) is 23.4 Å². The molecule has 3 aromatic rings. The first-order valence-electron chi connectivity index (χ1n) is 12.1. The molecule has 2 aromatic heterocycles. The van der Waals surface area contributed by atoms with E-state index in [2.05, 4.69) is 39.4 Å². The van der Waals surface area contributed by atoms with Gasteiger partial charge in [-0.25, -0.2) is 0 Å². The number of amides is 1. The molecule has 35 heavy (non-hydrogen) atoms. The molecule has 1 saturated heterocycles. The Kier molecular flexibility index (Phi) is 6.62. The summed E-state index contributed by atoms with van der Waals surface area (Å²) in [5, 5.41) is 12.8. The molecule has 8 nitrogen and oxygen atoms in total. The molecule has 0 aliphatic carbocycles. The highest BCUT2D eigenvalue weighted by atomic mass is 16.5. The second-order valence-electron chi connectivity index (χ2n) is 9.35. The number of hydrogen-bond acceptors (Lipinski definition) is 6. The lowest BCUT2D eigenvalue weighted by molar-refractivity contribution is -0.117. The summed E-state index contributed by atoms with van der Waals surface area (Å²) in [6, 6.07) is 12.5. The van der Waals surface area contributed by atoms with Crippen LogP contribution in [0.1, 0.15) is 33.7 Å². The Morgan fingerprint density at radius 2 is 1.91 bits per heavy atom. The Morgan fingerprint density at radius 3 is 2.66 bits per heavy atom. The van der Waals surface area contributed by atoms with Gasteiger partial charge in [-0.2, -0.15) is 5.26 Å². The van der Waals surface area contributed by atoms with Gasteiger partial charge in [-0.15, -0.1) is 0 Å². The van der Waals surface area contributed by atoms with Crippen molar-refractivity contribution >= 4 is 11.7 Å². The van der Waals surface area contributed by atoms with Crippen LogP contribution in [0.2, 0.25) is 0 Å². The normalized spacial score (nSPS) is 16.0. The number of carbonyl (C=O) groups is 1. The van der Waals surface area contributed by atoms with Gasteiger partial charge >= 0.3 is 0 Å². The van der Waals surface area contributed by atoms with E-state index in [1.807, 2.05) is 30.5 Å². The number of fused-ring (bicyclic) bond motifs is 1. The summed E-state index contributed by atoms with van der Waals surface area (Å²) < 4.78 is 13.1. The summed E-state index contributed by atoms with van der Waals surface area (Å²) in [7, 11) is 0. The van der Waals surface area contributed by atoms with Gasteiger partial charge in [0.2, 0.25) is 5.91 Å². The Morgan fingerprint density at radius 1 is 1.11 bits per heavy atom. The van der Waals surface area contributed by atoms with Crippen molar-refractivity contribution in [3.05, 3.63) is 70.3 Å². The molecule has 0 saturated carbocycles. The van der Waals surface area contributed by atoms with Crippen molar-refractivity contribution < 1.29 is 13.9 Å². The number of nitriles is 1. The number of anilines is 1. The van der Waals surface area contributed by atoms with Crippen LogP contribution in [-0.4, -0.2) is 59.6 Å². The number of hydrogen-bond donors (Lipinski definition) is 1. The SMILES string of the molecule is Cc1c(C#N)c(NC(=O)CN2CCN(Cc3ccc4c(c3)CCO4)CC2)n(Cc2ccco2)c1C. The average molecular weight is 474 g/mol. The van der Waals surface area contributed by atoms with Crippen LogP contribution in [-0.2, 0) is 24.3 Å². The van der Waals surface area contributed by atoms with E-state index in [9.17, 15) is 10.1 Å². The quantitative estimate of drug-likeness (QED) is 0.567. The second kappa shape index (κ2) is 9.98. The first-order valence-corrected chi connectivity index (χ1v) is 12.1. The fraction of sp³-hybridized carbons (Fsp3) is 0.407. The maximum absolute atomic E-state index is 13.0. The van der Waals surface area contributed by atoms with E-state index in [-0.39, 0.29) is 5.91 Å². The summed E-state index contributed by atoms with van der Waals surface area (Å²) >= 11 is 0. The fourth-order valence-electron chi connectivity index (χ4n) is 4.96. The van der Waals surface area contributed by atoms with Crippen molar-refractivity contribution in [1.82, 2.24) is 14.4 Å². The monoisotopic (exact) mass is 473 g/mol. The molecule has 0 bridgehead atoms. The molecule has 0 unspecified atom stereocenters. The van der Waals surface area contributed by atoms with Gasteiger partial charge in [-0.1, -0.05) is 12.1 Å². The van der Waals surface area contributed by atoms with Crippen LogP contribution in [0, 0.1) is 25.2 Å². The molecule has 4 heterocycles. The summed E-state index contributed by atoms with van der Waals surface area (Å²) in [6.45, 7) is 9.82. The molecular formula is C27H31N5O3. The van der Waals surface area contributed by atoms with Crippen LogP contribution in [0.15, 0.2) is 41.0 Å². The lowest BCUT2D eigenvalue weighted by Gasteiger charge is -2.34. The summed E-state index contributed by atoms with van der Waals surface area (Å²) in [5.74, 6) is 2.23. The van der Waals surface area contributed by atoms with Crippen LogP contribution in [0.5, 0.6) is 5.75 Å². The van der Waals surface area contributed by atoms with Crippen molar-refractivity contribution in [3.63, 3.8) is 0 Å². The van der Waals surface area contributed by atoms with Crippen LogP contribution in [0.25, 0.3) is 0 Å². The number of furan rings is 1. The molecule has 8 heteroatoms. The largest absolute Gasteiger partial charge is 0.493 e. The third kappa shape index (κ3) is 4.97. The molecular weight excluding hydrogens is 442 g/mol. The lowest BCUT2D eigenvalue weighted by atomic mass is 10.1. The van der Waals surface area contributed by atoms with Crippen molar-refractivity contribution in [3.8, 4) is 11.8 Å². The number of rotatable bonds is 7. The molecule has 1 N–H and O–H groups in total. The molecule has 1 aromatic carbocycles. The van der Waals surface area contributed by atoms with E-state index in [0.717, 1.165) is 68.5 Å². The molecule has 2 aliphatic heterocycles. The van der Waals surface area contributed by atoms with Crippen LogP contribution < -0.4 is 10.1 Å². The zero-order chi connectivity index (χ0) is 24.4. The van der Waals surface area contributed by atoms with Gasteiger partial charge in [-0.05, 0) is 48.7 Å². The molecule has 0 spiro atoms. The van der Waals surface area contributed by atoms with Gasteiger partial charge < -0.3 is 19.0 Å². The van der Waals surface area contributed by atoms with Crippen LogP contribution in [0.4, 0.5) is 5.82 Å². The number of nitrogens with zero attached hydrogens (tertiary/aromatic N) is 4. The predicted octanol–water partition coefficient (Wildman–Crippen LogP) is 3.31. The van der Waals surface area contributed by atoms with E-state index >= 15 is 0 Å². The van der Waals surface area contributed by atoms with E-state index in [4.69, 9.17) is 9.15 Å². The lowest BCUT2D eigenvalue weighted by Crippen LogP contribution is -2.48. The number of carbonyl (C=O) groups excluding carboxylic acids is 1. The number of aromatic nitrogens is 1. The Labute approximate surface area is 205 Å². The van der Waals surface area contributed by atoms with E-state index < -0.39 is 0 Å². The number of ether oxygens (including phenoxy) is 1. The Balaban J connectivity index is 1.18. The molecule has 182 valence electrons. The zero-order valence-corrected chi connectivity index (χ0v) is 20.3. The topological polar surface area (TPSA) is 86.7 Å². The Bertz CT molecular complexity index is 1250. The molecule has 2 aliphatic rings. The first-order chi connectivity index (χ1) is 17.0. The predicted molar refractivity (Wildman–Crippen MR) is 132 cm³/mol. The highest BCUT2D eigenvalue weighted by molar-refractivity contribution is 5.93. The van der Waals surface area contributed by atoms with Gasteiger partial charge in [-0.3, -0.25) is 14.6 Å². The van der Waals surface area contributed by atoms with E-state index in [1.54, 1.807) is 6.26 Å². The number of nitrogens with one attached hydrogen (secondary N) is 1. The standard InChI is InChI=1S/C27H31N5O3/c1-19-20(2)32(17-23-4-3-12-34-23)27(24(19)15-28)29-26(33)18-31-10-8-30(9-11-31)16-21-5-6-25-22(14-21)7-13-35-25/h3-6,12,14H,7-11,13,16-18H2,1-2H3,(H,29,33). The summed E-state index contributed by atoms with van der Waals surface area (Å²) in [5.41, 5.74) is 4.94. The summed E-state index contributed by atoms with van der Waals surface area (Å²) in [6.07, 6.45) is 2.62. The number of benzene rings is 1. The highest BCUT2D eigenvalue weighted by Crippen LogP contribution is 2.28. The minimum absolute atomic E-state index is 0.105. The molecule has 0 radical (unpaired) electrons. The van der Waals surface area contributed by atoms with Crippen molar-refractivity contribution in [1.29, 1.82) is 5.26 Å². The third-order valence-electron chi connectivity index (χ3n) is 7.09. The minimum atomic E-state index is -0.105.